The average molecular weight is 278 g/mol. The number of halogens is 2. The highest BCUT2D eigenvalue weighted by Gasteiger charge is 2.09. The highest BCUT2D eigenvalue weighted by Crippen LogP contribution is 2.25. The zero-order chi connectivity index (χ0) is 13.8. The molecule has 1 heterocycles. The first-order valence-electron chi connectivity index (χ1n) is 5.31. The van der Waals surface area contributed by atoms with Crippen LogP contribution >= 0.6 is 11.6 Å². The third-order valence-electron chi connectivity index (χ3n) is 2.32. The number of nitrogens with one attached hydrogen (secondary N) is 2. The van der Waals surface area contributed by atoms with Crippen molar-refractivity contribution >= 4 is 29.1 Å². The molecule has 0 amide bonds. The van der Waals surface area contributed by atoms with Gasteiger partial charge in [0.05, 0.1) is 23.5 Å². The summed E-state index contributed by atoms with van der Waals surface area (Å²) < 4.78 is 13.7. The summed E-state index contributed by atoms with van der Waals surface area (Å²) in [5.41, 5.74) is 0.425. The van der Waals surface area contributed by atoms with Crippen LogP contribution in [0.4, 0.5) is 21.8 Å². The van der Waals surface area contributed by atoms with Crippen LogP contribution in [0.1, 0.15) is 5.56 Å². The van der Waals surface area contributed by atoms with E-state index in [-0.39, 0.29) is 22.1 Å². The number of anilines is 3. The van der Waals surface area contributed by atoms with Crippen molar-refractivity contribution in [3.05, 3.63) is 40.8 Å². The van der Waals surface area contributed by atoms with Gasteiger partial charge in [0.1, 0.15) is 10.8 Å². The fraction of sp³-hybridized carbons (Fsp3) is 0.0833. The van der Waals surface area contributed by atoms with Crippen molar-refractivity contribution in [1.82, 2.24) is 9.97 Å². The molecule has 19 heavy (non-hydrogen) atoms. The number of hydrogen-bond donors (Lipinski definition) is 2. The van der Waals surface area contributed by atoms with Crippen molar-refractivity contribution < 1.29 is 4.39 Å². The zero-order valence-corrected chi connectivity index (χ0v) is 10.7. The molecule has 0 aliphatic carbocycles. The second-order valence-electron chi connectivity index (χ2n) is 3.57. The van der Waals surface area contributed by atoms with Gasteiger partial charge in [-0.25, -0.2) is 9.37 Å². The Labute approximate surface area is 114 Å². The van der Waals surface area contributed by atoms with E-state index in [1.807, 2.05) is 6.07 Å². The summed E-state index contributed by atoms with van der Waals surface area (Å²) in [6.07, 6.45) is 1.41. The van der Waals surface area contributed by atoms with E-state index in [9.17, 15) is 4.39 Å². The van der Waals surface area contributed by atoms with E-state index in [0.29, 0.717) is 5.95 Å². The third-order valence-corrected chi connectivity index (χ3v) is 2.60. The molecule has 2 rings (SSSR count). The van der Waals surface area contributed by atoms with E-state index in [1.54, 1.807) is 7.05 Å². The van der Waals surface area contributed by atoms with Crippen LogP contribution in [0.2, 0.25) is 5.02 Å². The van der Waals surface area contributed by atoms with E-state index in [0.717, 1.165) is 6.07 Å². The third kappa shape index (κ3) is 2.89. The lowest BCUT2D eigenvalue weighted by Gasteiger charge is -2.09. The molecular formula is C12H9ClFN5. The Morgan fingerprint density at radius 1 is 1.42 bits per heavy atom. The highest BCUT2D eigenvalue weighted by atomic mass is 35.5. The number of aromatic nitrogens is 2. The monoisotopic (exact) mass is 277 g/mol. The zero-order valence-electron chi connectivity index (χ0n) is 9.91. The lowest BCUT2D eigenvalue weighted by Crippen LogP contribution is -2.02. The standard InChI is InChI=1S/C12H9ClFN5/c1-16-12-17-6-8(13)11(19-12)18-10-3-2-7(5-15)4-9(10)14/h2-4,6H,1H3,(H2,16,17,18,19). The number of nitrogens with zero attached hydrogens (tertiary/aromatic N) is 3. The SMILES string of the molecule is CNc1ncc(Cl)c(Nc2ccc(C#N)cc2F)n1. The molecule has 0 saturated carbocycles. The van der Waals surface area contributed by atoms with Gasteiger partial charge in [0.2, 0.25) is 5.95 Å². The van der Waals surface area contributed by atoms with Crippen LogP contribution in [0.15, 0.2) is 24.4 Å². The van der Waals surface area contributed by atoms with E-state index < -0.39 is 5.82 Å². The summed E-state index contributed by atoms with van der Waals surface area (Å²) in [7, 11) is 1.66. The van der Waals surface area contributed by atoms with Crippen molar-refractivity contribution in [1.29, 1.82) is 5.26 Å². The maximum Gasteiger partial charge on any atom is 0.224 e. The minimum Gasteiger partial charge on any atom is -0.357 e. The maximum absolute atomic E-state index is 13.7. The van der Waals surface area contributed by atoms with Crippen molar-refractivity contribution in [2.75, 3.05) is 17.7 Å². The van der Waals surface area contributed by atoms with Crippen LogP contribution in [-0.4, -0.2) is 17.0 Å². The van der Waals surface area contributed by atoms with E-state index >= 15 is 0 Å². The molecule has 2 N–H and O–H groups in total. The summed E-state index contributed by atoms with van der Waals surface area (Å²) in [6.45, 7) is 0. The molecule has 1 aromatic heterocycles. The van der Waals surface area contributed by atoms with Crippen LogP contribution in [0.5, 0.6) is 0 Å². The van der Waals surface area contributed by atoms with Crippen molar-refractivity contribution in [3.63, 3.8) is 0 Å². The molecule has 0 bridgehead atoms. The number of rotatable bonds is 3. The molecule has 7 heteroatoms. The Morgan fingerprint density at radius 3 is 2.84 bits per heavy atom. The number of nitriles is 1. The van der Waals surface area contributed by atoms with Crippen molar-refractivity contribution in [2.24, 2.45) is 0 Å². The molecule has 2 aromatic rings. The summed E-state index contributed by atoms with van der Waals surface area (Å²) in [5.74, 6) is 0.0883. The van der Waals surface area contributed by atoms with Crippen LogP contribution < -0.4 is 10.6 Å². The summed E-state index contributed by atoms with van der Waals surface area (Å²) in [4.78, 5) is 7.99. The molecule has 0 unspecified atom stereocenters. The second kappa shape index (κ2) is 5.50. The summed E-state index contributed by atoms with van der Waals surface area (Å²) >= 11 is 5.92. The van der Waals surface area contributed by atoms with E-state index in [4.69, 9.17) is 16.9 Å². The molecule has 0 fully saturated rings. The van der Waals surface area contributed by atoms with Crippen LogP contribution in [-0.2, 0) is 0 Å². The molecule has 96 valence electrons. The lowest BCUT2D eigenvalue weighted by molar-refractivity contribution is 0.631. The minimum atomic E-state index is -0.556. The molecule has 5 nitrogen and oxygen atoms in total. The lowest BCUT2D eigenvalue weighted by atomic mass is 10.2. The number of benzene rings is 1. The molecule has 0 aliphatic heterocycles. The second-order valence-corrected chi connectivity index (χ2v) is 3.98. The Balaban J connectivity index is 2.33. The molecule has 1 aromatic carbocycles. The van der Waals surface area contributed by atoms with Gasteiger partial charge in [-0.2, -0.15) is 10.2 Å². The fourth-order valence-electron chi connectivity index (χ4n) is 1.39. The molecule has 0 aliphatic rings. The van der Waals surface area contributed by atoms with Gasteiger partial charge in [0.15, 0.2) is 5.82 Å². The fourth-order valence-corrected chi connectivity index (χ4v) is 1.53. The molecule has 0 atom stereocenters. The predicted octanol–water partition coefficient (Wildman–Crippen LogP) is 2.93. The number of hydrogen-bond acceptors (Lipinski definition) is 5. The van der Waals surface area contributed by atoms with E-state index in [2.05, 4.69) is 20.6 Å². The largest absolute Gasteiger partial charge is 0.357 e. The van der Waals surface area contributed by atoms with Crippen LogP contribution in [0, 0.1) is 17.1 Å². The topological polar surface area (TPSA) is 73.6 Å². The van der Waals surface area contributed by atoms with Gasteiger partial charge in [-0.05, 0) is 18.2 Å². The van der Waals surface area contributed by atoms with Gasteiger partial charge in [0.25, 0.3) is 0 Å². The summed E-state index contributed by atoms with van der Waals surface area (Å²) in [5, 5.41) is 14.4. The van der Waals surface area contributed by atoms with Crippen molar-refractivity contribution in [2.45, 2.75) is 0 Å². The Morgan fingerprint density at radius 2 is 2.21 bits per heavy atom. The van der Waals surface area contributed by atoms with Gasteiger partial charge in [-0.1, -0.05) is 11.6 Å². The molecule has 0 radical (unpaired) electrons. The summed E-state index contributed by atoms with van der Waals surface area (Å²) in [6, 6.07) is 5.94. The first-order chi connectivity index (χ1) is 9.13. The van der Waals surface area contributed by atoms with Gasteiger partial charge in [-0.15, -0.1) is 0 Å². The molecule has 0 saturated heterocycles. The van der Waals surface area contributed by atoms with Gasteiger partial charge < -0.3 is 10.6 Å². The van der Waals surface area contributed by atoms with Gasteiger partial charge in [0, 0.05) is 7.05 Å². The Bertz CT molecular complexity index is 653. The quantitative estimate of drug-likeness (QED) is 0.902. The Hall–Kier alpha value is -2.39. The van der Waals surface area contributed by atoms with E-state index in [1.165, 1.54) is 18.3 Å². The molecular weight excluding hydrogens is 269 g/mol. The minimum absolute atomic E-state index is 0.182. The normalized spacial score (nSPS) is 9.79. The maximum atomic E-state index is 13.7. The van der Waals surface area contributed by atoms with Gasteiger partial charge >= 0.3 is 0 Å². The predicted molar refractivity (Wildman–Crippen MR) is 71.0 cm³/mol. The first-order valence-corrected chi connectivity index (χ1v) is 5.69. The first kappa shape index (κ1) is 13.1. The average Bonchev–Trinajstić information content (AvgIpc) is 2.43. The Kier molecular flexibility index (Phi) is 3.78. The highest BCUT2D eigenvalue weighted by molar-refractivity contribution is 6.32. The van der Waals surface area contributed by atoms with Crippen LogP contribution in [0.3, 0.4) is 0 Å². The van der Waals surface area contributed by atoms with Crippen LogP contribution in [0.25, 0.3) is 0 Å². The van der Waals surface area contributed by atoms with Crippen molar-refractivity contribution in [3.8, 4) is 6.07 Å². The smallest absolute Gasteiger partial charge is 0.224 e. The molecule has 0 spiro atoms. The van der Waals surface area contributed by atoms with Gasteiger partial charge in [-0.3, -0.25) is 0 Å².